The third-order valence-corrected chi connectivity index (χ3v) is 2.03. The molecule has 1 aromatic heterocycles. The highest BCUT2D eigenvalue weighted by atomic mass is 19.1. The first-order valence-electron chi connectivity index (χ1n) is 4.42. The number of nitrogens with zero attached hydrogens (tertiary/aromatic N) is 2. The van der Waals surface area contributed by atoms with Crippen molar-refractivity contribution in [3.8, 4) is 11.1 Å². The van der Waals surface area contributed by atoms with E-state index in [1.54, 1.807) is 13.0 Å². The summed E-state index contributed by atoms with van der Waals surface area (Å²) in [5, 5.41) is 7.39. The number of hydrogen-bond acceptors (Lipinski definition) is 2. The van der Waals surface area contributed by atoms with E-state index < -0.39 is 11.6 Å². The first kappa shape index (κ1) is 9.71. The molecule has 0 amide bonds. The van der Waals surface area contributed by atoms with Gasteiger partial charge in [0, 0.05) is 5.56 Å². The van der Waals surface area contributed by atoms with E-state index in [2.05, 4.69) is 10.2 Å². The summed E-state index contributed by atoms with van der Waals surface area (Å²) in [6.45, 7) is 1.72. The molecule has 0 bridgehead atoms. The molecule has 1 aromatic carbocycles. The number of aromatic nitrogens is 2. The van der Waals surface area contributed by atoms with Crippen LogP contribution in [0.5, 0.6) is 0 Å². The van der Waals surface area contributed by atoms with Crippen molar-refractivity contribution in [3.63, 3.8) is 0 Å². The fourth-order valence-corrected chi connectivity index (χ4v) is 1.38. The molecule has 0 saturated heterocycles. The smallest absolute Gasteiger partial charge is 0.134 e. The summed E-state index contributed by atoms with van der Waals surface area (Å²) >= 11 is 0. The molecule has 0 saturated carbocycles. The Kier molecular flexibility index (Phi) is 2.41. The van der Waals surface area contributed by atoms with Crippen LogP contribution in [0.15, 0.2) is 30.5 Å². The Hall–Kier alpha value is -1.84. The minimum absolute atomic E-state index is 0.0597. The Morgan fingerprint density at radius 3 is 2.40 bits per heavy atom. The monoisotopic (exact) mass is 206 g/mol. The molecule has 0 fully saturated rings. The first-order valence-corrected chi connectivity index (χ1v) is 4.42. The molecule has 0 aliphatic heterocycles. The van der Waals surface area contributed by atoms with Gasteiger partial charge in [-0.1, -0.05) is 6.07 Å². The highest BCUT2D eigenvalue weighted by Crippen LogP contribution is 2.25. The van der Waals surface area contributed by atoms with Crippen molar-refractivity contribution in [1.82, 2.24) is 10.2 Å². The normalized spacial score (nSPS) is 10.3. The van der Waals surface area contributed by atoms with Gasteiger partial charge in [0.2, 0.25) is 0 Å². The summed E-state index contributed by atoms with van der Waals surface area (Å²) in [6, 6.07) is 5.35. The van der Waals surface area contributed by atoms with Gasteiger partial charge in [-0.2, -0.15) is 10.2 Å². The zero-order chi connectivity index (χ0) is 10.8. The maximum absolute atomic E-state index is 13.4. The van der Waals surface area contributed by atoms with E-state index in [0.29, 0.717) is 11.3 Å². The van der Waals surface area contributed by atoms with Crippen LogP contribution in [-0.4, -0.2) is 10.2 Å². The van der Waals surface area contributed by atoms with Gasteiger partial charge >= 0.3 is 0 Å². The van der Waals surface area contributed by atoms with Gasteiger partial charge in [-0.25, -0.2) is 8.78 Å². The Morgan fingerprint density at radius 1 is 1.13 bits per heavy atom. The molecule has 2 aromatic rings. The van der Waals surface area contributed by atoms with Crippen LogP contribution in [0.4, 0.5) is 8.78 Å². The second-order valence-corrected chi connectivity index (χ2v) is 3.18. The van der Waals surface area contributed by atoms with Gasteiger partial charge in [-0.15, -0.1) is 0 Å². The van der Waals surface area contributed by atoms with Gasteiger partial charge in [0.15, 0.2) is 0 Å². The van der Waals surface area contributed by atoms with E-state index in [4.69, 9.17) is 0 Å². The molecule has 0 N–H and O–H groups in total. The Labute approximate surface area is 85.6 Å². The van der Waals surface area contributed by atoms with Crippen LogP contribution in [0.3, 0.4) is 0 Å². The fourth-order valence-electron chi connectivity index (χ4n) is 1.38. The minimum Gasteiger partial charge on any atom is -0.206 e. The quantitative estimate of drug-likeness (QED) is 0.716. The highest BCUT2D eigenvalue weighted by molar-refractivity contribution is 5.63. The maximum atomic E-state index is 13.4. The molecule has 1 heterocycles. The van der Waals surface area contributed by atoms with Crippen molar-refractivity contribution in [2.45, 2.75) is 6.92 Å². The van der Waals surface area contributed by atoms with Gasteiger partial charge in [-0.3, -0.25) is 0 Å². The van der Waals surface area contributed by atoms with Gasteiger partial charge in [-0.05, 0) is 25.1 Å². The third-order valence-electron chi connectivity index (χ3n) is 2.03. The topological polar surface area (TPSA) is 25.8 Å². The number of hydrogen-bond donors (Lipinski definition) is 0. The van der Waals surface area contributed by atoms with Crippen LogP contribution in [0.2, 0.25) is 0 Å². The van der Waals surface area contributed by atoms with Gasteiger partial charge in [0.1, 0.15) is 11.6 Å². The Morgan fingerprint density at radius 2 is 1.80 bits per heavy atom. The number of aryl methyl sites for hydroxylation is 1. The minimum atomic E-state index is -0.595. The number of rotatable bonds is 1. The lowest BCUT2D eigenvalue weighted by Crippen LogP contribution is -1.93. The summed E-state index contributed by atoms with van der Waals surface area (Å²) in [4.78, 5) is 0. The summed E-state index contributed by atoms with van der Waals surface area (Å²) in [5.74, 6) is -1.19. The van der Waals surface area contributed by atoms with Crippen LogP contribution < -0.4 is 0 Å². The van der Waals surface area contributed by atoms with Crippen molar-refractivity contribution in [3.05, 3.63) is 47.8 Å². The first-order chi connectivity index (χ1) is 7.18. The maximum Gasteiger partial charge on any atom is 0.134 e. The molecule has 0 aliphatic rings. The lowest BCUT2D eigenvalue weighted by molar-refractivity contribution is 0.589. The second-order valence-electron chi connectivity index (χ2n) is 3.18. The van der Waals surface area contributed by atoms with Crippen LogP contribution >= 0.6 is 0 Å². The van der Waals surface area contributed by atoms with E-state index in [-0.39, 0.29) is 5.56 Å². The van der Waals surface area contributed by atoms with Gasteiger partial charge in [0.05, 0.1) is 17.5 Å². The highest BCUT2D eigenvalue weighted by Gasteiger charge is 2.11. The molecular formula is C11H8F2N2. The average molecular weight is 206 g/mol. The van der Waals surface area contributed by atoms with E-state index in [0.717, 1.165) is 0 Å². The van der Waals surface area contributed by atoms with E-state index >= 15 is 0 Å². The van der Waals surface area contributed by atoms with Crippen molar-refractivity contribution in [2.24, 2.45) is 0 Å². The third kappa shape index (κ3) is 1.83. The predicted molar refractivity (Wildman–Crippen MR) is 52.1 cm³/mol. The van der Waals surface area contributed by atoms with Crippen LogP contribution in [-0.2, 0) is 0 Å². The molecular weight excluding hydrogens is 198 g/mol. The molecule has 0 radical (unpaired) electrons. The van der Waals surface area contributed by atoms with E-state index in [9.17, 15) is 8.78 Å². The van der Waals surface area contributed by atoms with E-state index in [1.807, 2.05) is 0 Å². The van der Waals surface area contributed by atoms with Crippen molar-refractivity contribution >= 4 is 0 Å². The molecule has 2 nitrogen and oxygen atoms in total. The van der Waals surface area contributed by atoms with Crippen LogP contribution in [0, 0.1) is 18.6 Å². The van der Waals surface area contributed by atoms with Crippen LogP contribution in [0.25, 0.3) is 11.1 Å². The van der Waals surface area contributed by atoms with E-state index in [1.165, 1.54) is 24.4 Å². The second kappa shape index (κ2) is 3.73. The lowest BCUT2D eigenvalue weighted by atomic mass is 10.1. The molecule has 0 aliphatic carbocycles. The predicted octanol–water partition coefficient (Wildman–Crippen LogP) is 2.73. The Balaban J connectivity index is 2.63. The van der Waals surface area contributed by atoms with Crippen molar-refractivity contribution in [1.29, 1.82) is 0 Å². The van der Waals surface area contributed by atoms with Crippen molar-refractivity contribution < 1.29 is 8.78 Å². The summed E-state index contributed by atoms with van der Waals surface area (Å²) in [7, 11) is 0. The standard InChI is InChI=1S/C11H8F2N2/c1-7-5-8(6-14-15-7)11-9(12)3-2-4-10(11)13/h2-6H,1H3. The van der Waals surface area contributed by atoms with Crippen LogP contribution in [0.1, 0.15) is 5.69 Å². The number of benzene rings is 1. The molecule has 4 heteroatoms. The summed E-state index contributed by atoms with van der Waals surface area (Å²) in [6.07, 6.45) is 1.34. The summed E-state index contributed by atoms with van der Waals surface area (Å²) < 4.78 is 26.8. The lowest BCUT2D eigenvalue weighted by Gasteiger charge is -2.04. The zero-order valence-corrected chi connectivity index (χ0v) is 8.04. The molecule has 0 unspecified atom stereocenters. The van der Waals surface area contributed by atoms with Gasteiger partial charge in [0.25, 0.3) is 0 Å². The zero-order valence-electron chi connectivity index (χ0n) is 8.04. The molecule has 0 spiro atoms. The fraction of sp³-hybridized carbons (Fsp3) is 0.0909. The van der Waals surface area contributed by atoms with Gasteiger partial charge < -0.3 is 0 Å². The largest absolute Gasteiger partial charge is 0.206 e. The van der Waals surface area contributed by atoms with Crippen molar-refractivity contribution in [2.75, 3.05) is 0 Å². The molecule has 76 valence electrons. The molecule has 0 atom stereocenters. The Bertz CT molecular complexity index is 477. The number of halogens is 2. The average Bonchev–Trinajstić information content (AvgIpc) is 2.17. The molecule has 2 rings (SSSR count). The molecule has 15 heavy (non-hydrogen) atoms. The SMILES string of the molecule is Cc1cc(-c2c(F)cccc2F)cnn1. The summed E-state index contributed by atoms with van der Waals surface area (Å²) in [5.41, 5.74) is 0.962.